The van der Waals surface area contributed by atoms with E-state index in [1.165, 1.54) is 0 Å². The van der Waals surface area contributed by atoms with Gasteiger partial charge in [-0.15, -0.1) is 0 Å². The molecule has 2 amide bonds. The van der Waals surface area contributed by atoms with E-state index in [-0.39, 0.29) is 17.7 Å². The smallest absolute Gasteiger partial charge is 0.252 e. The van der Waals surface area contributed by atoms with Gasteiger partial charge in [0, 0.05) is 17.7 Å². The summed E-state index contributed by atoms with van der Waals surface area (Å²) in [6.07, 6.45) is 0. The fourth-order valence-electron chi connectivity index (χ4n) is 3.56. The average Bonchev–Trinajstić information content (AvgIpc) is 2.75. The molecule has 30 heavy (non-hydrogen) atoms. The normalized spacial score (nSPS) is 11.9. The fraction of sp³-hybridized carbons (Fsp3) is 0.280. The molecule has 0 heterocycles. The van der Waals surface area contributed by atoms with Crippen molar-refractivity contribution in [3.8, 4) is 5.75 Å². The molecule has 156 valence electrons. The summed E-state index contributed by atoms with van der Waals surface area (Å²) in [5, 5.41) is 7.99. The summed E-state index contributed by atoms with van der Waals surface area (Å²) < 4.78 is 5.51. The maximum atomic E-state index is 13.0. The molecule has 0 aromatic heterocycles. The Morgan fingerprint density at radius 1 is 0.967 bits per heavy atom. The van der Waals surface area contributed by atoms with Crippen LogP contribution >= 0.6 is 0 Å². The predicted molar refractivity (Wildman–Crippen MR) is 120 cm³/mol. The second-order valence-electron chi connectivity index (χ2n) is 7.70. The van der Waals surface area contributed by atoms with Crippen molar-refractivity contribution >= 4 is 22.6 Å². The molecule has 0 saturated carbocycles. The lowest BCUT2D eigenvalue weighted by Gasteiger charge is -2.23. The molecule has 2 N–H and O–H groups in total. The van der Waals surface area contributed by atoms with Crippen LogP contribution in [0, 0.1) is 12.8 Å². The van der Waals surface area contributed by atoms with Crippen molar-refractivity contribution in [3.63, 3.8) is 0 Å². The van der Waals surface area contributed by atoms with Crippen LogP contribution in [0.4, 0.5) is 0 Å². The topological polar surface area (TPSA) is 67.4 Å². The lowest BCUT2D eigenvalue weighted by Crippen LogP contribution is -2.49. The molecule has 0 fully saturated rings. The molecule has 3 aromatic carbocycles. The molecule has 0 saturated heterocycles. The van der Waals surface area contributed by atoms with Crippen molar-refractivity contribution in [2.75, 3.05) is 7.11 Å². The predicted octanol–water partition coefficient (Wildman–Crippen LogP) is 4.23. The van der Waals surface area contributed by atoms with E-state index in [2.05, 4.69) is 10.6 Å². The van der Waals surface area contributed by atoms with E-state index in [9.17, 15) is 9.59 Å². The van der Waals surface area contributed by atoms with Crippen molar-refractivity contribution in [2.24, 2.45) is 5.92 Å². The van der Waals surface area contributed by atoms with Gasteiger partial charge in [0.2, 0.25) is 5.91 Å². The monoisotopic (exact) mass is 404 g/mol. The highest BCUT2D eigenvalue weighted by Gasteiger charge is 2.25. The highest BCUT2D eigenvalue weighted by Crippen LogP contribution is 2.27. The van der Waals surface area contributed by atoms with Crippen LogP contribution in [0.15, 0.2) is 60.7 Å². The van der Waals surface area contributed by atoms with Gasteiger partial charge >= 0.3 is 0 Å². The Hall–Kier alpha value is -3.34. The molecule has 1 unspecified atom stereocenters. The van der Waals surface area contributed by atoms with E-state index in [1.54, 1.807) is 13.2 Å². The number of hydrogen-bond donors (Lipinski definition) is 2. The van der Waals surface area contributed by atoms with Crippen LogP contribution in [-0.2, 0) is 11.3 Å². The van der Waals surface area contributed by atoms with E-state index in [0.29, 0.717) is 12.1 Å². The lowest BCUT2D eigenvalue weighted by atomic mass is 10.0. The Kier molecular flexibility index (Phi) is 6.72. The van der Waals surface area contributed by atoms with Gasteiger partial charge in [-0.05, 0) is 41.3 Å². The molecule has 5 nitrogen and oxygen atoms in total. The van der Waals surface area contributed by atoms with Gasteiger partial charge in [0.05, 0.1) is 7.11 Å². The standard InChI is InChI=1S/C25H28N2O3/c1-16(2)23(27-24(28)19-11-7-5-9-17(19)3)25(29)26-15-21-20-12-8-6-10-18(20)13-14-22(21)30-4/h5-14,16,23H,15H2,1-4H3,(H,26,29)(H,27,28). The average molecular weight is 405 g/mol. The largest absolute Gasteiger partial charge is 0.496 e. The zero-order valence-electron chi connectivity index (χ0n) is 17.9. The minimum absolute atomic E-state index is 0.0626. The molecule has 0 aliphatic rings. The minimum atomic E-state index is -0.641. The first-order valence-corrected chi connectivity index (χ1v) is 10.1. The highest BCUT2D eigenvalue weighted by atomic mass is 16.5. The van der Waals surface area contributed by atoms with Crippen LogP contribution in [0.5, 0.6) is 5.75 Å². The molecule has 0 aliphatic carbocycles. The van der Waals surface area contributed by atoms with Crippen LogP contribution in [-0.4, -0.2) is 25.0 Å². The number of aryl methyl sites for hydroxylation is 1. The van der Waals surface area contributed by atoms with Crippen molar-refractivity contribution < 1.29 is 14.3 Å². The number of methoxy groups -OCH3 is 1. The summed E-state index contributed by atoms with van der Waals surface area (Å²) in [7, 11) is 1.62. The first-order chi connectivity index (χ1) is 14.4. The van der Waals surface area contributed by atoms with E-state index in [1.807, 2.05) is 75.4 Å². The van der Waals surface area contributed by atoms with Gasteiger partial charge in [-0.3, -0.25) is 9.59 Å². The molecule has 3 rings (SSSR count). The first-order valence-electron chi connectivity index (χ1n) is 10.1. The zero-order valence-corrected chi connectivity index (χ0v) is 17.9. The highest BCUT2D eigenvalue weighted by molar-refractivity contribution is 5.98. The maximum absolute atomic E-state index is 13.0. The molecule has 3 aromatic rings. The number of carbonyl (C=O) groups is 2. The Morgan fingerprint density at radius 2 is 1.67 bits per heavy atom. The van der Waals surface area contributed by atoms with Gasteiger partial charge in [0.1, 0.15) is 11.8 Å². The van der Waals surface area contributed by atoms with Crippen LogP contribution < -0.4 is 15.4 Å². The number of rotatable bonds is 7. The third-order valence-corrected chi connectivity index (χ3v) is 5.28. The summed E-state index contributed by atoms with van der Waals surface area (Å²) in [5.41, 5.74) is 2.36. The van der Waals surface area contributed by atoms with Gasteiger partial charge < -0.3 is 15.4 Å². The number of carbonyl (C=O) groups excluding carboxylic acids is 2. The Labute approximate surface area is 177 Å². The summed E-state index contributed by atoms with van der Waals surface area (Å²) in [5.74, 6) is 0.193. The van der Waals surface area contributed by atoms with Crippen LogP contribution in [0.25, 0.3) is 10.8 Å². The first kappa shape index (κ1) is 21.4. The number of ether oxygens (including phenoxy) is 1. The van der Waals surface area contributed by atoms with Gasteiger partial charge in [-0.2, -0.15) is 0 Å². The molecule has 0 aliphatic heterocycles. The Bertz CT molecular complexity index is 1060. The summed E-state index contributed by atoms with van der Waals surface area (Å²) in [6, 6.07) is 18.6. The molecule has 0 bridgehead atoms. The van der Waals surface area contributed by atoms with Crippen LogP contribution in [0.1, 0.15) is 35.3 Å². The molecule has 0 radical (unpaired) electrons. The molecule has 0 spiro atoms. The van der Waals surface area contributed by atoms with E-state index in [4.69, 9.17) is 4.74 Å². The number of fused-ring (bicyclic) bond motifs is 1. The summed E-state index contributed by atoms with van der Waals surface area (Å²) in [4.78, 5) is 25.7. The van der Waals surface area contributed by atoms with Crippen molar-refractivity contribution in [2.45, 2.75) is 33.4 Å². The lowest BCUT2D eigenvalue weighted by molar-refractivity contribution is -0.124. The SMILES string of the molecule is COc1ccc2ccccc2c1CNC(=O)C(NC(=O)c1ccccc1C)C(C)C. The van der Waals surface area contributed by atoms with Gasteiger partial charge in [0.15, 0.2) is 0 Å². The fourth-order valence-corrected chi connectivity index (χ4v) is 3.56. The second-order valence-corrected chi connectivity index (χ2v) is 7.70. The van der Waals surface area contributed by atoms with Gasteiger partial charge in [-0.25, -0.2) is 0 Å². The van der Waals surface area contributed by atoms with Crippen molar-refractivity contribution in [3.05, 3.63) is 77.4 Å². The summed E-state index contributed by atoms with van der Waals surface area (Å²) in [6.45, 7) is 6.03. The minimum Gasteiger partial charge on any atom is -0.496 e. The molecule has 5 heteroatoms. The van der Waals surface area contributed by atoms with Gasteiger partial charge in [-0.1, -0.05) is 62.4 Å². The molecule has 1 atom stereocenters. The van der Waals surface area contributed by atoms with Crippen LogP contribution in [0.2, 0.25) is 0 Å². The number of nitrogens with one attached hydrogen (secondary N) is 2. The van der Waals surface area contributed by atoms with Crippen molar-refractivity contribution in [1.82, 2.24) is 10.6 Å². The third kappa shape index (κ3) is 4.62. The Morgan fingerprint density at radius 3 is 2.37 bits per heavy atom. The van der Waals surface area contributed by atoms with E-state index >= 15 is 0 Å². The van der Waals surface area contributed by atoms with E-state index in [0.717, 1.165) is 27.6 Å². The quantitative estimate of drug-likeness (QED) is 0.619. The third-order valence-electron chi connectivity index (χ3n) is 5.28. The molecular weight excluding hydrogens is 376 g/mol. The van der Waals surface area contributed by atoms with Crippen molar-refractivity contribution in [1.29, 1.82) is 0 Å². The number of benzene rings is 3. The number of amides is 2. The molecular formula is C25H28N2O3. The van der Waals surface area contributed by atoms with Crippen LogP contribution in [0.3, 0.4) is 0 Å². The van der Waals surface area contributed by atoms with E-state index < -0.39 is 6.04 Å². The Balaban J connectivity index is 1.77. The van der Waals surface area contributed by atoms with Gasteiger partial charge in [0.25, 0.3) is 5.91 Å². The second kappa shape index (κ2) is 9.44. The number of hydrogen-bond acceptors (Lipinski definition) is 3. The maximum Gasteiger partial charge on any atom is 0.252 e. The zero-order chi connectivity index (χ0) is 21.7. The summed E-state index contributed by atoms with van der Waals surface area (Å²) >= 11 is 0.